The molecule has 0 saturated carbocycles. The average Bonchev–Trinajstić information content (AvgIpc) is 3.52. The van der Waals surface area contributed by atoms with Crippen molar-refractivity contribution in [1.82, 2.24) is 4.57 Å². The number of halogens is 3. The van der Waals surface area contributed by atoms with Gasteiger partial charge >= 0.3 is 12.1 Å². The summed E-state index contributed by atoms with van der Waals surface area (Å²) < 4.78 is 57.6. The van der Waals surface area contributed by atoms with Gasteiger partial charge in [0, 0.05) is 11.6 Å². The standard InChI is InChI=1S/C29H23F3N2O5S/c1-4-38-27(36)24-16(2)33-28-34(25(24)18-8-6-10-20(14-18)37-3)26(35)23(40-28)15-21-11-12-22(39-21)17-7-5-9-19(13-17)29(30,31)32/h5-15,25H,4H2,1-3H3/b23-15+. The second kappa shape index (κ2) is 10.6. The molecule has 0 radical (unpaired) electrons. The third-order valence-electron chi connectivity index (χ3n) is 6.30. The number of aromatic nitrogens is 1. The SMILES string of the molecule is CCOC(=O)C1=C(C)N=c2s/c(=C/c3ccc(-c4cccc(C(F)(F)F)c4)o3)c(=O)n2C1c1cccc(OC)c1. The van der Waals surface area contributed by atoms with Crippen molar-refractivity contribution in [3.05, 3.63) is 109 Å². The van der Waals surface area contributed by atoms with E-state index in [4.69, 9.17) is 13.9 Å². The highest BCUT2D eigenvalue weighted by Crippen LogP contribution is 2.34. The third-order valence-corrected chi connectivity index (χ3v) is 7.28. The quantitative estimate of drug-likeness (QED) is 0.303. The second-order valence-corrected chi connectivity index (χ2v) is 9.87. The van der Waals surface area contributed by atoms with Crippen LogP contribution in [0.3, 0.4) is 0 Å². The van der Waals surface area contributed by atoms with Gasteiger partial charge in [-0.1, -0.05) is 35.6 Å². The van der Waals surface area contributed by atoms with E-state index in [1.165, 1.54) is 29.9 Å². The molecule has 3 heterocycles. The van der Waals surface area contributed by atoms with Crippen molar-refractivity contribution in [2.24, 2.45) is 4.99 Å². The van der Waals surface area contributed by atoms with Crippen LogP contribution < -0.4 is 19.6 Å². The number of hydrogen-bond donors (Lipinski definition) is 0. The Morgan fingerprint density at radius 2 is 1.93 bits per heavy atom. The molecule has 2 aromatic carbocycles. The number of benzene rings is 2. The Balaban J connectivity index is 1.61. The largest absolute Gasteiger partial charge is 0.497 e. The zero-order valence-electron chi connectivity index (χ0n) is 21.6. The predicted molar refractivity (Wildman–Crippen MR) is 143 cm³/mol. The van der Waals surface area contributed by atoms with Crippen LogP contribution in [0.4, 0.5) is 13.2 Å². The average molecular weight is 569 g/mol. The summed E-state index contributed by atoms with van der Waals surface area (Å²) in [7, 11) is 1.52. The Morgan fingerprint density at radius 1 is 1.15 bits per heavy atom. The Hall–Kier alpha value is -4.38. The van der Waals surface area contributed by atoms with Gasteiger partial charge in [0.15, 0.2) is 4.80 Å². The van der Waals surface area contributed by atoms with E-state index in [1.54, 1.807) is 50.2 Å². The smallest absolute Gasteiger partial charge is 0.416 e. The van der Waals surface area contributed by atoms with Gasteiger partial charge < -0.3 is 13.9 Å². The van der Waals surface area contributed by atoms with Crippen LogP contribution in [-0.2, 0) is 15.7 Å². The molecule has 1 aliphatic heterocycles. The van der Waals surface area contributed by atoms with E-state index in [0.29, 0.717) is 21.8 Å². The van der Waals surface area contributed by atoms with Gasteiger partial charge in [-0.2, -0.15) is 13.2 Å². The van der Waals surface area contributed by atoms with Crippen LogP contribution in [0.15, 0.2) is 86.1 Å². The van der Waals surface area contributed by atoms with Crippen LogP contribution in [0.1, 0.15) is 36.8 Å². The molecule has 0 amide bonds. The number of carbonyl (C=O) groups excluding carboxylic acids is 1. The summed E-state index contributed by atoms with van der Waals surface area (Å²) in [6, 6.07) is 14.2. The first-order chi connectivity index (χ1) is 19.1. The van der Waals surface area contributed by atoms with Crippen molar-refractivity contribution in [3.63, 3.8) is 0 Å². The first-order valence-corrected chi connectivity index (χ1v) is 13.0. The Morgan fingerprint density at radius 3 is 2.65 bits per heavy atom. The van der Waals surface area contributed by atoms with Crippen LogP contribution in [0.2, 0.25) is 0 Å². The molecule has 4 aromatic rings. The van der Waals surface area contributed by atoms with Crippen molar-refractivity contribution in [1.29, 1.82) is 0 Å². The minimum absolute atomic E-state index is 0.150. The Kier molecular flexibility index (Phi) is 7.24. The highest BCUT2D eigenvalue weighted by molar-refractivity contribution is 7.07. The van der Waals surface area contributed by atoms with Crippen molar-refractivity contribution in [2.75, 3.05) is 13.7 Å². The number of rotatable bonds is 6. The maximum absolute atomic E-state index is 13.7. The molecule has 0 saturated heterocycles. The fraction of sp³-hybridized carbons (Fsp3) is 0.207. The van der Waals surface area contributed by atoms with Crippen LogP contribution in [0, 0.1) is 0 Å². The summed E-state index contributed by atoms with van der Waals surface area (Å²) in [5.41, 5.74) is 0.338. The van der Waals surface area contributed by atoms with E-state index >= 15 is 0 Å². The first kappa shape index (κ1) is 27.2. The van der Waals surface area contributed by atoms with Crippen molar-refractivity contribution >= 4 is 23.4 Å². The Labute approximate surface area is 230 Å². The molecule has 5 rings (SSSR count). The van der Waals surface area contributed by atoms with E-state index in [-0.39, 0.29) is 33.8 Å². The number of esters is 1. The zero-order chi connectivity index (χ0) is 28.6. The fourth-order valence-electron chi connectivity index (χ4n) is 4.48. The topological polar surface area (TPSA) is 83.0 Å². The van der Waals surface area contributed by atoms with Gasteiger partial charge in [-0.25, -0.2) is 9.79 Å². The highest BCUT2D eigenvalue weighted by atomic mass is 32.1. The molecule has 0 N–H and O–H groups in total. The van der Waals surface area contributed by atoms with E-state index in [2.05, 4.69) is 4.99 Å². The van der Waals surface area contributed by atoms with Crippen molar-refractivity contribution in [2.45, 2.75) is 26.1 Å². The van der Waals surface area contributed by atoms with Gasteiger partial charge in [0.1, 0.15) is 17.3 Å². The maximum Gasteiger partial charge on any atom is 0.416 e. The molecule has 7 nitrogen and oxygen atoms in total. The van der Waals surface area contributed by atoms with Gasteiger partial charge in [-0.05, 0) is 55.8 Å². The van der Waals surface area contributed by atoms with Crippen LogP contribution in [-0.4, -0.2) is 24.3 Å². The Bertz CT molecular complexity index is 1810. The number of fused-ring (bicyclic) bond motifs is 1. The number of ether oxygens (including phenoxy) is 2. The van der Waals surface area contributed by atoms with E-state index in [1.807, 2.05) is 0 Å². The van der Waals surface area contributed by atoms with E-state index < -0.39 is 29.3 Å². The molecule has 40 heavy (non-hydrogen) atoms. The molecule has 1 atom stereocenters. The fourth-order valence-corrected chi connectivity index (χ4v) is 5.51. The summed E-state index contributed by atoms with van der Waals surface area (Å²) in [6.07, 6.45) is -2.98. The van der Waals surface area contributed by atoms with Gasteiger partial charge in [0.05, 0.1) is 41.1 Å². The minimum atomic E-state index is -4.49. The summed E-state index contributed by atoms with van der Waals surface area (Å²) in [6.45, 7) is 3.53. The monoisotopic (exact) mass is 568 g/mol. The molecule has 11 heteroatoms. The molecular formula is C29H23F3N2O5S. The number of nitrogens with zero attached hydrogens (tertiary/aromatic N) is 2. The van der Waals surface area contributed by atoms with Crippen LogP contribution >= 0.6 is 11.3 Å². The molecule has 2 aromatic heterocycles. The van der Waals surface area contributed by atoms with Gasteiger partial charge in [0.25, 0.3) is 5.56 Å². The third kappa shape index (κ3) is 5.12. The molecular weight excluding hydrogens is 545 g/mol. The van der Waals surface area contributed by atoms with Crippen LogP contribution in [0.25, 0.3) is 17.4 Å². The molecule has 0 aliphatic carbocycles. The van der Waals surface area contributed by atoms with Crippen molar-refractivity contribution < 1.29 is 31.9 Å². The number of alkyl halides is 3. The molecule has 1 unspecified atom stereocenters. The number of methoxy groups -OCH3 is 1. The maximum atomic E-state index is 13.7. The summed E-state index contributed by atoms with van der Waals surface area (Å²) in [4.78, 5) is 31.6. The molecule has 1 aliphatic rings. The molecule has 0 spiro atoms. The molecule has 206 valence electrons. The normalized spacial score (nSPS) is 15.6. The number of hydrogen-bond acceptors (Lipinski definition) is 7. The number of furan rings is 1. The van der Waals surface area contributed by atoms with Crippen LogP contribution in [0.5, 0.6) is 5.75 Å². The lowest BCUT2D eigenvalue weighted by atomic mass is 9.95. The lowest BCUT2D eigenvalue weighted by Crippen LogP contribution is -2.39. The zero-order valence-corrected chi connectivity index (χ0v) is 22.4. The number of allylic oxidation sites excluding steroid dienone is 1. The van der Waals surface area contributed by atoms with Crippen molar-refractivity contribution in [3.8, 4) is 17.1 Å². The number of carbonyl (C=O) groups is 1. The first-order valence-electron chi connectivity index (χ1n) is 12.2. The lowest BCUT2D eigenvalue weighted by Gasteiger charge is -2.24. The highest BCUT2D eigenvalue weighted by Gasteiger charge is 2.34. The number of thiazole rings is 1. The van der Waals surface area contributed by atoms with E-state index in [9.17, 15) is 22.8 Å². The minimum Gasteiger partial charge on any atom is -0.497 e. The summed E-state index contributed by atoms with van der Waals surface area (Å²) in [5.74, 6) is 0.467. The predicted octanol–water partition coefficient (Wildman–Crippen LogP) is 5.09. The summed E-state index contributed by atoms with van der Waals surface area (Å²) in [5, 5.41) is 0. The molecule has 0 fully saturated rings. The van der Waals surface area contributed by atoms with Gasteiger partial charge in [-0.15, -0.1) is 0 Å². The van der Waals surface area contributed by atoms with E-state index in [0.717, 1.165) is 23.5 Å². The van der Waals surface area contributed by atoms with Gasteiger partial charge in [-0.3, -0.25) is 9.36 Å². The van der Waals surface area contributed by atoms with Gasteiger partial charge in [0.2, 0.25) is 0 Å². The second-order valence-electron chi connectivity index (χ2n) is 8.86. The lowest BCUT2D eigenvalue weighted by molar-refractivity contribution is -0.139. The summed E-state index contributed by atoms with van der Waals surface area (Å²) >= 11 is 1.11. The molecule has 0 bridgehead atoms.